The van der Waals surface area contributed by atoms with Gasteiger partial charge in [0.2, 0.25) is 5.91 Å². The largest absolute Gasteiger partial charge is 0.369 e. The van der Waals surface area contributed by atoms with Gasteiger partial charge in [0.15, 0.2) is 0 Å². The van der Waals surface area contributed by atoms with Crippen molar-refractivity contribution in [3.63, 3.8) is 0 Å². The highest BCUT2D eigenvalue weighted by atomic mass is 35.5. The molecule has 1 unspecified atom stereocenters. The van der Waals surface area contributed by atoms with Crippen molar-refractivity contribution in [2.45, 2.75) is 31.8 Å². The highest BCUT2D eigenvalue weighted by Gasteiger charge is 2.21. The summed E-state index contributed by atoms with van der Waals surface area (Å²) >= 11 is 12.0. The van der Waals surface area contributed by atoms with Crippen LogP contribution in [0, 0.1) is 0 Å². The van der Waals surface area contributed by atoms with Crippen molar-refractivity contribution in [3.05, 3.63) is 33.8 Å². The number of likely N-dealkylation sites (tertiary alicyclic amines) is 1. The highest BCUT2D eigenvalue weighted by Crippen LogP contribution is 2.26. The molecule has 4 nitrogen and oxygen atoms in total. The predicted molar refractivity (Wildman–Crippen MR) is 86.7 cm³/mol. The zero-order valence-electron chi connectivity index (χ0n) is 12.1. The summed E-state index contributed by atoms with van der Waals surface area (Å²) in [6, 6.07) is 6.39. The maximum absolute atomic E-state index is 10.9. The van der Waals surface area contributed by atoms with Gasteiger partial charge in [-0.1, -0.05) is 29.3 Å². The third-order valence-corrected chi connectivity index (χ3v) is 4.64. The number of hydrogen-bond acceptors (Lipinski definition) is 3. The summed E-state index contributed by atoms with van der Waals surface area (Å²) in [5.74, 6) is -0.259. The van der Waals surface area contributed by atoms with E-state index >= 15 is 0 Å². The van der Waals surface area contributed by atoms with Crippen LogP contribution in [0.25, 0.3) is 0 Å². The van der Waals surface area contributed by atoms with Crippen LogP contribution in [0.5, 0.6) is 0 Å². The smallest absolute Gasteiger partial charge is 0.231 e. The number of nitrogens with one attached hydrogen (secondary N) is 1. The molecule has 21 heavy (non-hydrogen) atoms. The van der Waals surface area contributed by atoms with E-state index in [1.165, 1.54) is 0 Å². The minimum atomic E-state index is -0.259. The normalized spacial score (nSPS) is 18.6. The fourth-order valence-corrected chi connectivity index (χ4v) is 3.02. The van der Waals surface area contributed by atoms with Gasteiger partial charge in [-0.25, -0.2) is 0 Å². The van der Waals surface area contributed by atoms with Crippen LogP contribution in [0.1, 0.15) is 31.4 Å². The van der Waals surface area contributed by atoms with Crippen LogP contribution in [-0.2, 0) is 4.79 Å². The van der Waals surface area contributed by atoms with Gasteiger partial charge in [-0.15, -0.1) is 0 Å². The average molecular weight is 330 g/mol. The molecule has 6 heteroatoms. The topological polar surface area (TPSA) is 58.4 Å². The number of carbonyl (C=O) groups excluding carboxylic acids is 1. The third kappa shape index (κ3) is 4.85. The van der Waals surface area contributed by atoms with Gasteiger partial charge < -0.3 is 11.1 Å². The highest BCUT2D eigenvalue weighted by molar-refractivity contribution is 6.42. The second kappa shape index (κ2) is 7.45. The zero-order chi connectivity index (χ0) is 15.4. The van der Waals surface area contributed by atoms with E-state index in [1.807, 2.05) is 18.2 Å². The number of nitrogens with zero attached hydrogens (tertiary/aromatic N) is 1. The van der Waals surface area contributed by atoms with E-state index in [9.17, 15) is 4.79 Å². The molecule has 0 aliphatic carbocycles. The van der Waals surface area contributed by atoms with E-state index in [0.29, 0.717) is 22.6 Å². The molecule has 0 saturated carbocycles. The number of carbonyl (C=O) groups is 1. The molecule has 1 amide bonds. The van der Waals surface area contributed by atoms with Gasteiger partial charge in [0.25, 0.3) is 0 Å². The van der Waals surface area contributed by atoms with Crippen LogP contribution in [0.15, 0.2) is 18.2 Å². The molecule has 1 fully saturated rings. The molecule has 1 aromatic carbocycles. The standard InChI is InChI=1S/C15H21Cl2N3O/c1-10(11-2-3-13(16)14(17)8-11)19-12-4-6-20(7-5-12)9-15(18)21/h2-3,8,10,12,19H,4-7,9H2,1H3,(H2,18,21). The van der Waals surface area contributed by atoms with E-state index in [0.717, 1.165) is 31.5 Å². The van der Waals surface area contributed by atoms with E-state index in [2.05, 4.69) is 17.1 Å². The minimum absolute atomic E-state index is 0.215. The first-order valence-corrected chi connectivity index (χ1v) is 7.93. The van der Waals surface area contributed by atoms with Crippen LogP contribution >= 0.6 is 23.2 Å². The Labute approximate surface area is 135 Å². The summed E-state index contributed by atoms with van der Waals surface area (Å²) in [5.41, 5.74) is 6.35. The Morgan fingerprint density at radius 3 is 2.62 bits per heavy atom. The van der Waals surface area contributed by atoms with Crippen molar-refractivity contribution in [2.24, 2.45) is 5.73 Å². The molecule has 2 rings (SSSR count). The maximum atomic E-state index is 10.9. The van der Waals surface area contributed by atoms with Crippen molar-refractivity contribution >= 4 is 29.1 Å². The van der Waals surface area contributed by atoms with Gasteiger partial charge in [0, 0.05) is 25.2 Å². The molecule has 1 atom stereocenters. The number of halogens is 2. The molecular formula is C15H21Cl2N3O. The molecule has 1 heterocycles. The monoisotopic (exact) mass is 329 g/mol. The number of rotatable bonds is 5. The lowest BCUT2D eigenvalue weighted by molar-refractivity contribution is -0.119. The first-order valence-electron chi connectivity index (χ1n) is 7.17. The first kappa shape index (κ1) is 16.6. The molecule has 0 radical (unpaired) electrons. The van der Waals surface area contributed by atoms with Crippen LogP contribution in [0.3, 0.4) is 0 Å². The second-order valence-electron chi connectivity index (χ2n) is 5.58. The Hall–Kier alpha value is -0.810. The Balaban J connectivity index is 1.85. The van der Waals surface area contributed by atoms with Crippen LogP contribution in [0.2, 0.25) is 10.0 Å². The molecule has 0 bridgehead atoms. The molecule has 3 N–H and O–H groups in total. The summed E-state index contributed by atoms with van der Waals surface area (Å²) < 4.78 is 0. The third-order valence-electron chi connectivity index (χ3n) is 3.90. The van der Waals surface area contributed by atoms with E-state index < -0.39 is 0 Å². The molecule has 1 saturated heterocycles. The lowest BCUT2D eigenvalue weighted by atomic mass is 10.0. The molecule has 1 aromatic rings. The van der Waals surface area contributed by atoms with Gasteiger partial charge >= 0.3 is 0 Å². The zero-order valence-corrected chi connectivity index (χ0v) is 13.6. The van der Waals surface area contributed by atoms with Crippen molar-refractivity contribution in [1.29, 1.82) is 0 Å². The van der Waals surface area contributed by atoms with Gasteiger partial charge in [0.1, 0.15) is 0 Å². The lowest BCUT2D eigenvalue weighted by Crippen LogP contribution is -2.45. The summed E-state index contributed by atoms with van der Waals surface area (Å²) in [4.78, 5) is 13.0. The number of nitrogens with two attached hydrogens (primary N) is 1. The summed E-state index contributed by atoms with van der Waals surface area (Å²) in [5, 5.41) is 4.77. The summed E-state index contributed by atoms with van der Waals surface area (Å²) in [7, 11) is 0. The van der Waals surface area contributed by atoms with E-state index in [1.54, 1.807) is 0 Å². The van der Waals surface area contributed by atoms with Gasteiger partial charge in [-0.2, -0.15) is 0 Å². The van der Waals surface area contributed by atoms with Gasteiger partial charge in [-0.3, -0.25) is 9.69 Å². The minimum Gasteiger partial charge on any atom is -0.369 e. The fraction of sp³-hybridized carbons (Fsp3) is 0.533. The van der Waals surface area contributed by atoms with Crippen molar-refractivity contribution in [1.82, 2.24) is 10.2 Å². The van der Waals surface area contributed by atoms with Crippen molar-refractivity contribution in [3.8, 4) is 0 Å². The average Bonchev–Trinajstić information content (AvgIpc) is 2.43. The fourth-order valence-electron chi connectivity index (χ4n) is 2.71. The Morgan fingerprint density at radius 1 is 1.38 bits per heavy atom. The van der Waals surface area contributed by atoms with Crippen LogP contribution in [-0.4, -0.2) is 36.5 Å². The number of amides is 1. The molecular weight excluding hydrogens is 309 g/mol. The van der Waals surface area contributed by atoms with Crippen LogP contribution < -0.4 is 11.1 Å². The van der Waals surface area contributed by atoms with Crippen LogP contribution in [0.4, 0.5) is 0 Å². The molecule has 0 aromatic heterocycles. The molecule has 1 aliphatic heterocycles. The predicted octanol–water partition coefficient (Wildman–Crippen LogP) is 2.59. The molecule has 0 spiro atoms. The summed E-state index contributed by atoms with van der Waals surface area (Å²) in [6.07, 6.45) is 2.03. The SMILES string of the molecule is CC(NC1CCN(CC(N)=O)CC1)c1ccc(Cl)c(Cl)c1. The molecule has 1 aliphatic rings. The van der Waals surface area contributed by atoms with Gasteiger partial charge in [-0.05, 0) is 37.5 Å². The Kier molecular flexibility index (Phi) is 5.88. The van der Waals surface area contributed by atoms with Crippen molar-refractivity contribution in [2.75, 3.05) is 19.6 Å². The Bertz CT molecular complexity index is 502. The quantitative estimate of drug-likeness (QED) is 0.872. The summed E-state index contributed by atoms with van der Waals surface area (Å²) in [6.45, 7) is 4.27. The maximum Gasteiger partial charge on any atom is 0.231 e. The number of primary amides is 1. The number of piperidine rings is 1. The number of benzene rings is 1. The Morgan fingerprint density at radius 2 is 2.05 bits per heavy atom. The molecule has 116 valence electrons. The lowest BCUT2D eigenvalue weighted by Gasteiger charge is -2.33. The van der Waals surface area contributed by atoms with Crippen molar-refractivity contribution < 1.29 is 4.79 Å². The number of hydrogen-bond donors (Lipinski definition) is 2. The second-order valence-corrected chi connectivity index (χ2v) is 6.39. The van der Waals surface area contributed by atoms with E-state index in [-0.39, 0.29) is 11.9 Å². The van der Waals surface area contributed by atoms with E-state index in [4.69, 9.17) is 28.9 Å². The first-order chi connectivity index (χ1) is 9.95. The van der Waals surface area contributed by atoms with Gasteiger partial charge in [0.05, 0.1) is 16.6 Å².